The highest BCUT2D eigenvalue weighted by Gasteiger charge is 2.38. The van der Waals surface area contributed by atoms with Crippen LogP contribution in [0.1, 0.15) is 42.8 Å². The molecule has 0 spiro atoms. The number of rotatable bonds is 6. The fourth-order valence-electron chi connectivity index (χ4n) is 3.34. The fourth-order valence-corrected chi connectivity index (χ4v) is 3.34. The first-order chi connectivity index (χ1) is 13.4. The summed E-state index contributed by atoms with van der Waals surface area (Å²) in [4.78, 5) is 49.9. The molecule has 0 aromatic carbocycles. The zero-order valence-electron chi connectivity index (χ0n) is 15.4. The van der Waals surface area contributed by atoms with Crippen molar-refractivity contribution in [3.05, 3.63) is 32.6 Å². The van der Waals surface area contributed by atoms with Crippen LogP contribution in [0.15, 0.2) is 15.8 Å². The molecule has 2 aliphatic heterocycles. The van der Waals surface area contributed by atoms with Crippen molar-refractivity contribution >= 4 is 11.9 Å². The van der Waals surface area contributed by atoms with Gasteiger partial charge in [-0.05, 0) is 12.8 Å². The summed E-state index contributed by atoms with van der Waals surface area (Å²) >= 11 is 0. The van der Waals surface area contributed by atoms with E-state index in [9.17, 15) is 24.3 Å². The maximum atomic E-state index is 12.4. The number of aliphatic hydroxyl groups excluding tert-OH is 1. The highest BCUT2D eigenvalue weighted by Crippen LogP contribution is 2.29. The predicted octanol–water partition coefficient (Wildman–Crippen LogP) is -1.34. The molecule has 11 nitrogen and oxygen atoms in total. The minimum Gasteiger partial charge on any atom is -0.460 e. The monoisotopic (exact) mass is 397 g/mol. The van der Waals surface area contributed by atoms with Crippen molar-refractivity contribution < 1.29 is 28.9 Å². The van der Waals surface area contributed by atoms with Gasteiger partial charge in [-0.1, -0.05) is 0 Å². The minimum absolute atomic E-state index is 0.0910. The zero-order valence-corrected chi connectivity index (χ0v) is 15.4. The Balaban J connectivity index is 1.77. The minimum atomic E-state index is -0.907. The molecule has 28 heavy (non-hydrogen) atoms. The number of carbonyl (C=O) groups is 2. The second-order valence-electron chi connectivity index (χ2n) is 6.75. The summed E-state index contributed by atoms with van der Waals surface area (Å²) in [6.45, 7) is 1.71. The number of nitrogens with zero attached hydrogens (tertiary/aromatic N) is 1. The average Bonchev–Trinajstić information content (AvgIpc) is 3.29. The van der Waals surface area contributed by atoms with E-state index >= 15 is 0 Å². The molecular formula is C17H23N3O8. The summed E-state index contributed by atoms with van der Waals surface area (Å²) in [5.41, 5.74) is -1.84. The molecule has 0 saturated carbocycles. The molecule has 1 amide bonds. The molecule has 154 valence electrons. The van der Waals surface area contributed by atoms with Crippen LogP contribution in [-0.2, 0) is 19.0 Å². The second-order valence-corrected chi connectivity index (χ2v) is 6.75. The Morgan fingerprint density at radius 3 is 2.86 bits per heavy atom. The number of esters is 1. The third kappa shape index (κ3) is 4.49. The second kappa shape index (κ2) is 8.67. The van der Waals surface area contributed by atoms with Crippen molar-refractivity contribution in [3.63, 3.8) is 0 Å². The molecule has 3 heterocycles. The van der Waals surface area contributed by atoms with Crippen molar-refractivity contribution in [3.8, 4) is 0 Å². The van der Waals surface area contributed by atoms with Crippen molar-refractivity contribution in [2.75, 3.05) is 19.8 Å². The van der Waals surface area contributed by atoms with Crippen LogP contribution in [0.5, 0.6) is 0 Å². The first kappa shape index (κ1) is 20.2. The van der Waals surface area contributed by atoms with Crippen LogP contribution in [0.2, 0.25) is 0 Å². The van der Waals surface area contributed by atoms with Crippen molar-refractivity contribution in [1.29, 1.82) is 0 Å². The lowest BCUT2D eigenvalue weighted by Crippen LogP contribution is -2.40. The van der Waals surface area contributed by atoms with E-state index in [1.54, 1.807) is 0 Å². The van der Waals surface area contributed by atoms with E-state index < -0.39 is 48.2 Å². The highest BCUT2D eigenvalue weighted by molar-refractivity contribution is 5.93. The number of aliphatic hydroxyl groups is 1. The lowest BCUT2D eigenvalue weighted by Gasteiger charge is -2.16. The molecule has 2 saturated heterocycles. The van der Waals surface area contributed by atoms with Crippen LogP contribution in [-0.4, -0.2) is 64.6 Å². The standard InChI is InChI=1S/C17H23N3O8/c1-9(22)27-12-5-14(28-13(12)8-21)20-7-11(16(24)19-17(20)25)15(23)18-6-10-3-2-4-26-10/h7,10,12-14,21H,2-6,8H2,1H3,(H,18,23)(H,19,24,25)/t10-,12-,13+,14+/m0/s1. The van der Waals surface area contributed by atoms with Gasteiger partial charge in [-0.15, -0.1) is 0 Å². The summed E-state index contributed by atoms with van der Waals surface area (Å²) in [7, 11) is 0. The van der Waals surface area contributed by atoms with Crippen molar-refractivity contribution in [2.45, 2.75) is 50.7 Å². The molecule has 2 aliphatic rings. The van der Waals surface area contributed by atoms with Gasteiger partial charge in [0.15, 0.2) is 0 Å². The van der Waals surface area contributed by atoms with Gasteiger partial charge in [0.1, 0.15) is 24.0 Å². The summed E-state index contributed by atoms with van der Waals surface area (Å²) in [5, 5.41) is 12.0. The molecule has 0 aliphatic carbocycles. The van der Waals surface area contributed by atoms with Gasteiger partial charge in [0.2, 0.25) is 0 Å². The zero-order chi connectivity index (χ0) is 20.3. The molecule has 2 fully saturated rings. The molecule has 3 rings (SSSR count). The Hall–Kier alpha value is -2.50. The number of hydrogen-bond acceptors (Lipinski definition) is 8. The lowest BCUT2D eigenvalue weighted by atomic mass is 10.2. The molecule has 1 aromatic heterocycles. The van der Waals surface area contributed by atoms with E-state index in [1.807, 2.05) is 0 Å². The average molecular weight is 397 g/mol. The Morgan fingerprint density at radius 1 is 1.43 bits per heavy atom. The first-order valence-electron chi connectivity index (χ1n) is 9.08. The van der Waals surface area contributed by atoms with Crippen LogP contribution in [0.4, 0.5) is 0 Å². The number of ether oxygens (including phenoxy) is 3. The van der Waals surface area contributed by atoms with Crippen LogP contribution >= 0.6 is 0 Å². The molecule has 1 aromatic rings. The van der Waals surface area contributed by atoms with E-state index in [-0.39, 0.29) is 24.6 Å². The first-order valence-corrected chi connectivity index (χ1v) is 9.08. The van der Waals surface area contributed by atoms with E-state index in [0.29, 0.717) is 6.61 Å². The van der Waals surface area contributed by atoms with Gasteiger partial charge in [-0.25, -0.2) is 4.79 Å². The third-order valence-corrected chi connectivity index (χ3v) is 4.71. The summed E-state index contributed by atoms with van der Waals surface area (Å²) < 4.78 is 17.1. The third-order valence-electron chi connectivity index (χ3n) is 4.71. The highest BCUT2D eigenvalue weighted by atomic mass is 16.6. The van der Waals surface area contributed by atoms with E-state index in [4.69, 9.17) is 14.2 Å². The van der Waals surface area contributed by atoms with Gasteiger partial charge >= 0.3 is 11.7 Å². The number of H-pyrrole nitrogens is 1. The SMILES string of the molecule is CC(=O)O[C@H]1C[C@H](n2cc(C(=O)NC[C@@H]3CCCO3)c(=O)[nH]c2=O)O[C@@H]1CO. The van der Waals surface area contributed by atoms with Gasteiger partial charge in [-0.2, -0.15) is 0 Å². The molecule has 11 heteroatoms. The van der Waals surface area contributed by atoms with Crippen LogP contribution in [0.3, 0.4) is 0 Å². The number of amides is 1. The topological polar surface area (TPSA) is 149 Å². The molecule has 3 N–H and O–H groups in total. The Kier molecular flexibility index (Phi) is 6.27. The van der Waals surface area contributed by atoms with Gasteiger partial charge in [0.05, 0.1) is 12.7 Å². The largest absolute Gasteiger partial charge is 0.460 e. The maximum absolute atomic E-state index is 12.4. The van der Waals surface area contributed by atoms with E-state index in [0.717, 1.165) is 23.6 Å². The fraction of sp³-hybridized carbons (Fsp3) is 0.647. The van der Waals surface area contributed by atoms with Crippen molar-refractivity contribution in [1.82, 2.24) is 14.9 Å². The maximum Gasteiger partial charge on any atom is 0.330 e. The Labute approximate surface area is 159 Å². The quantitative estimate of drug-likeness (QED) is 0.499. The van der Waals surface area contributed by atoms with Gasteiger partial charge < -0.3 is 24.6 Å². The number of aromatic amines is 1. The number of hydrogen-bond donors (Lipinski definition) is 3. The van der Waals surface area contributed by atoms with Gasteiger partial charge in [0, 0.05) is 32.7 Å². The number of nitrogens with one attached hydrogen (secondary N) is 2. The molecule has 0 bridgehead atoms. The van der Waals surface area contributed by atoms with Crippen LogP contribution in [0, 0.1) is 0 Å². The molecule has 0 radical (unpaired) electrons. The van der Waals surface area contributed by atoms with Gasteiger partial charge in [-0.3, -0.25) is 23.9 Å². The summed E-state index contributed by atoms with van der Waals surface area (Å²) in [6.07, 6.45) is 0.381. The van der Waals surface area contributed by atoms with Crippen molar-refractivity contribution in [2.24, 2.45) is 0 Å². The normalized spacial score (nSPS) is 26.9. The van der Waals surface area contributed by atoms with E-state index in [2.05, 4.69) is 10.3 Å². The number of carbonyl (C=O) groups excluding carboxylic acids is 2. The summed E-state index contributed by atoms with van der Waals surface area (Å²) in [5.74, 6) is -1.19. The smallest absolute Gasteiger partial charge is 0.330 e. The predicted molar refractivity (Wildman–Crippen MR) is 93.8 cm³/mol. The van der Waals surface area contributed by atoms with Crippen LogP contribution in [0.25, 0.3) is 0 Å². The molecular weight excluding hydrogens is 374 g/mol. The lowest BCUT2D eigenvalue weighted by molar-refractivity contribution is -0.150. The molecule has 0 unspecified atom stereocenters. The van der Waals surface area contributed by atoms with E-state index in [1.165, 1.54) is 6.92 Å². The number of aromatic nitrogens is 2. The van der Waals surface area contributed by atoms with Gasteiger partial charge in [0.25, 0.3) is 11.5 Å². The van der Waals surface area contributed by atoms with Crippen LogP contribution < -0.4 is 16.6 Å². The summed E-state index contributed by atoms with van der Waals surface area (Å²) in [6, 6.07) is 0. The Bertz CT molecular complexity index is 842. The Morgan fingerprint density at radius 2 is 2.21 bits per heavy atom. The molecule has 4 atom stereocenters.